The van der Waals surface area contributed by atoms with E-state index in [1.807, 2.05) is 20.0 Å². The van der Waals surface area contributed by atoms with Crippen molar-refractivity contribution < 1.29 is 5.11 Å². The molecule has 1 aliphatic heterocycles. The summed E-state index contributed by atoms with van der Waals surface area (Å²) in [5.41, 5.74) is 5.19. The van der Waals surface area contributed by atoms with Crippen molar-refractivity contribution in [1.82, 2.24) is 24.8 Å². The summed E-state index contributed by atoms with van der Waals surface area (Å²) in [6, 6.07) is 1.73. The largest absolute Gasteiger partial charge is 0.507 e. The van der Waals surface area contributed by atoms with Gasteiger partial charge in [0.1, 0.15) is 5.75 Å². The van der Waals surface area contributed by atoms with E-state index in [9.17, 15) is 5.11 Å². The Morgan fingerprint density at radius 1 is 1.15 bits per heavy atom. The zero-order valence-electron chi connectivity index (χ0n) is 15.7. The second kappa shape index (κ2) is 7.13. The van der Waals surface area contributed by atoms with Crippen LogP contribution in [0.4, 0.5) is 0 Å². The van der Waals surface area contributed by atoms with E-state index >= 15 is 0 Å². The van der Waals surface area contributed by atoms with Gasteiger partial charge in [-0.3, -0.25) is 0 Å². The minimum atomic E-state index is 0.194. The highest BCUT2D eigenvalue weighted by atomic mass is 79.9. The van der Waals surface area contributed by atoms with Gasteiger partial charge in [-0.15, -0.1) is 0 Å². The van der Waals surface area contributed by atoms with Crippen LogP contribution in [0.2, 0.25) is 0 Å². The van der Waals surface area contributed by atoms with Crippen molar-refractivity contribution in [2.75, 3.05) is 20.1 Å². The van der Waals surface area contributed by atoms with E-state index in [0.717, 1.165) is 47.2 Å². The van der Waals surface area contributed by atoms with Crippen molar-refractivity contribution in [1.29, 1.82) is 0 Å². The summed E-state index contributed by atoms with van der Waals surface area (Å²) in [5.74, 6) is 0.564. The number of piperidine rings is 1. The summed E-state index contributed by atoms with van der Waals surface area (Å²) in [6.07, 6.45) is 5.75. The van der Waals surface area contributed by atoms with E-state index in [1.165, 1.54) is 0 Å². The Morgan fingerprint density at radius 2 is 1.93 bits per heavy atom. The molecule has 6 nitrogen and oxygen atoms in total. The number of hydrogen-bond donors (Lipinski definition) is 1. The summed E-state index contributed by atoms with van der Waals surface area (Å²) < 4.78 is 0.960. The number of aromatic nitrogens is 4. The summed E-state index contributed by atoms with van der Waals surface area (Å²) in [4.78, 5) is 20.7. The predicted octanol–water partition coefficient (Wildman–Crippen LogP) is 3.98. The lowest BCUT2D eigenvalue weighted by Crippen LogP contribution is -2.31. The molecule has 7 heteroatoms. The molecule has 0 radical (unpaired) electrons. The molecule has 140 valence electrons. The maximum Gasteiger partial charge on any atom is 0.198 e. The smallest absolute Gasteiger partial charge is 0.198 e. The van der Waals surface area contributed by atoms with E-state index in [0.29, 0.717) is 28.5 Å². The minimum Gasteiger partial charge on any atom is -0.507 e. The van der Waals surface area contributed by atoms with Crippen LogP contribution in [-0.4, -0.2) is 50.1 Å². The van der Waals surface area contributed by atoms with Gasteiger partial charge in [0, 0.05) is 22.5 Å². The number of likely N-dealkylation sites (N-methyl/N-ethyl adjacent to an activating group) is 1. The predicted molar refractivity (Wildman–Crippen MR) is 109 cm³/mol. The van der Waals surface area contributed by atoms with Crippen molar-refractivity contribution in [2.24, 2.45) is 0 Å². The van der Waals surface area contributed by atoms with Crippen molar-refractivity contribution in [3.05, 3.63) is 39.8 Å². The van der Waals surface area contributed by atoms with Crippen LogP contribution in [0, 0.1) is 13.8 Å². The van der Waals surface area contributed by atoms with Gasteiger partial charge < -0.3 is 10.0 Å². The number of nitrogens with zero attached hydrogens (tertiary/aromatic N) is 5. The molecule has 0 aliphatic carbocycles. The third kappa shape index (κ3) is 3.41. The molecule has 0 amide bonds. The lowest BCUT2D eigenvalue weighted by Gasteiger charge is -2.29. The highest BCUT2D eigenvalue weighted by Crippen LogP contribution is 2.37. The average Bonchev–Trinajstić information content (AvgIpc) is 2.65. The highest BCUT2D eigenvalue weighted by molar-refractivity contribution is 9.10. The van der Waals surface area contributed by atoms with Crippen LogP contribution in [0.25, 0.3) is 22.6 Å². The Hall–Kier alpha value is -2.12. The normalized spacial score (nSPS) is 18.1. The number of aryl methyl sites for hydroxylation is 1. The van der Waals surface area contributed by atoms with Gasteiger partial charge in [0.15, 0.2) is 11.3 Å². The van der Waals surface area contributed by atoms with Crippen molar-refractivity contribution in [3.8, 4) is 17.0 Å². The second-order valence-corrected chi connectivity index (χ2v) is 8.12. The van der Waals surface area contributed by atoms with E-state index in [2.05, 4.69) is 42.8 Å². The molecule has 4 rings (SSSR count). The van der Waals surface area contributed by atoms with Gasteiger partial charge in [-0.25, -0.2) is 19.9 Å². The van der Waals surface area contributed by atoms with Crippen LogP contribution in [0.1, 0.15) is 35.6 Å². The maximum absolute atomic E-state index is 10.5. The molecule has 0 saturated carbocycles. The number of aromatic hydroxyl groups is 1. The number of fused-ring (bicyclic) bond motifs is 1. The van der Waals surface area contributed by atoms with E-state index in [1.54, 1.807) is 12.3 Å². The zero-order valence-corrected chi connectivity index (χ0v) is 17.3. The number of halogens is 1. The van der Waals surface area contributed by atoms with Gasteiger partial charge in [-0.1, -0.05) is 15.9 Å². The number of phenolic OH excluding ortho intramolecular Hbond substituents is 1. The molecule has 1 fully saturated rings. The lowest BCUT2D eigenvalue weighted by molar-refractivity contribution is 0.248. The van der Waals surface area contributed by atoms with Crippen molar-refractivity contribution >= 4 is 27.2 Å². The first kappa shape index (κ1) is 18.3. The average molecular weight is 428 g/mol. The molecule has 1 aliphatic rings. The molecule has 1 unspecified atom stereocenters. The summed E-state index contributed by atoms with van der Waals surface area (Å²) >= 11 is 3.59. The first-order chi connectivity index (χ1) is 12.9. The van der Waals surface area contributed by atoms with Gasteiger partial charge >= 0.3 is 0 Å². The van der Waals surface area contributed by atoms with Crippen molar-refractivity contribution in [3.63, 3.8) is 0 Å². The molecule has 0 spiro atoms. The summed E-state index contributed by atoms with van der Waals surface area (Å²) in [5, 5.41) is 10.5. The quantitative estimate of drug-likeness (QED) is 0.666. The van der Waals surface area contributed by atoms with Gasteiger partial charge in [0.2, 0.25) is 0 Å². The van der Waals surface area contributed by atoms with Crippen LogP contribution in [0.3, 0.4) is 0 Å². The highest BCUT2D eigenvalue weighted by Gasteiger charge is 2.21. The molecule has 1 saturated heterocycles. The molecule has 3 heterocycles. The molecule has 27 heavy (non-hydrogen) atoms. The third-order valence-electron chi connectivity index (χ3n) is 5.25. The van der Waals surface area contributed by atoms with Crippen LogP contribution >= 0.6 is 15.9 Å². The Labute approximate surface area is 166 Å². The number of rotatable bonds is 2. The zero-order chi connectivity index (χ0) is 19.1. The molecule has 2 aromatic heterocycles. The monoisotopic (exact) mass is 427 g/mol. The molecule has 0 bridgehead atoms. The molecular formula is C20H22BrN5O. The third-order valence-corrected chi connectivity index (χ3v) is 6.47. The fourth-order valence-corrected chi connectivity index (χ4v) is 4.12. The molecular weight excluding hydrogens is 406 g/mol. The van der Waals surface area contributed by atoms with E-state index in [4.69, 9.17) is 4.98 Å². The van der Waals surface area contributed by atoms with Crippen LogP contribution < -0.4 is 0 Å². The molecule has 1 atom stereocenters. The number of benzene rings is 1. The van der Waals surface area contributed by atoms with Crippen molar-refractivity contribution in [2.45, 2.75) is 32.6 Å². The van der Waals surface area contributed by atoms with Gasteiger partial charge in [0.05, 0.1) is 23.8 Å². The van der Waals surface area contributed by atoms with E-state index in [-0.39, 0.29) is 5.75 Å². The lowest BCUT2D eigenvalue weighted by atomic mass is 9.95. The Balaban J connectivity index is 1.79. The Morgan fingerprint density at radius 3 is 2.70 bits per heavy atom. The number of hydrogen-bond acceptors (Lipinski definition) is 6. The van der Waals surface area contributed by atoms with Crippen LogP contribution in [0.5, 0.6) is 5.75 Å². The van der Waals surface area contributed by atoms with Gasteiger partial charge in [0.25, 0.3) is 0 Å². The van der Waals surface area contributed by atoms with Gasteiger partial charge in [-0.2, -0.15) is 0 Å². The standard InChI is InChI=1S/C20H22BrN5O/c1-11-7-16(27)17(12(2)18(11)21)15-9-23-19-20(25-15)24-14(8-22-19)13-5-4-6-26(3)10-13/h7-9,13,27H,4-6,10H2,1-3H3. The molecule has 1 aromatic carbocycles. The summed E-state index contributed by atoms with van der Waals surface area (Å²) in [6.45, 7) is 6.02. The SMILES string of the molecule is Cc1cc(O)c(-c2cnc3ncc(C4CCCN(C)C4)nc3n2)c(C)c1Br. The first-order valence-electron chi connectivity index (χ1n) is 9.11. The second-order valence-electron chi connectivity index (χ2n) is 7.33. The maximum atomic E-state index is 10.5. The number of phenols is 1. The van der Waals surface area contributed by atoms with Gasteiger partial charge in [-0.05, 0) is 57.5 Å². The first-order valence-corrected chi connectivity index (χ1v) is 9.90. The molecule has 1 N–H and O–H groups in total. The van der Waals surface area contributed by atoms with E-state index < -0.39 is 0 Å². The summed E-state index contributed by atoms with van der Waals surface area (Å²) in [7, 11) is 2.14. The Kier molecular flexibility index (Phi) is 4.82. The van der Waals surface area contributed by atoms with Crippen LogP contribution in [0.15, 0.2) is 22.9 Å². The minimum absolute atomic E-state index is 0.194. The fraction of sp³-hybridized carbons (Fsp3) is 0.400. The van der Waals surface area contributed by atoms with Crippen LogP contribution in [-0.2, 0) is 0 Å². The number of likely N-dealkylation sites (tertiary alicyclic amines) is 1. The fourth-order valence-electron chi connectivity index (χ4n) is 3.80. The Bertz CT molecular complexity index is 1020. The topological polar surface area (TPSA) is 75.0 Å². The molecule has 3 aromatic rings.